The molecule has 0 heterocycles. The van der Waals surface area contributed by atoms with Crippen molar-refractivity contribution >= 4 is 5.96 Å². The zero-order chi connectivity index (χ0) is 17.1. The second-order valence-electron chi connectivity index (χ2n) is 6.49. The molecule has 1 aromatic rings. The second-order valence-corrected chi connectivity index (χ2v) is 6.49. The van der Waals surface area contributed by atoms with E-state index < -0.39 is 0 Å². The van der Waals surface area contributed by atoms with Crippen molar-refractivity contribution in [1.82, 2.24) is 10.6 Å². The second kappa shape index (κ2) is 11.1. The number of nitrogens with one attached hydrogen (secondary N) is 2. The van der Waals surface area contributed by atoms with Crippen molar-refractivity contribution in [1.29, 1.82) is 0 Å². The van der Waals surface area contributed by atoms with E-state index in [2.05, 4.69) is 43.3 Å². The number of aliphatic hydroxyl groups is 1. The molecule has 4 heteroatoms. The third-order valence-electron chi connectivity index (χ3n) is 3.84. The fourth-order valence-corrected chi connectivity index (χ4v) is 2.49. The molecule has 0 aliphatic heterocycles. The number of rotatable bonds is 9. The summed E-state index contributed by atoms with van der Waals surface area (Å²) in [5, 5.41) is 16.2. The molecule has 130 valence electrons. The molecule has 0 saturated heterocycles. The van der Waals surface area contributed by atoms with Crippen LogP contribution in [-0.4, -0.2) is 23.7 Å². The third kappa shape index (κ3) is 8.03. The SMILES string of the molecule is CCNC(=NCc1ccccc1CO)NC(C)CCCC(C)C. The van der Waals surface area contributed by atoms with Crippen molar-refractivity contribution in [2.45, 2.75) is 66.2 Å². The van der Waals surface area contributed by atoms with Gasteiger partial charge in [0.2, 0.25) is 0 Å². The maximum absolute atomic E-state index is 9.39. The lowest BCUT2D eigenvalue weighted by Gasteiger charge is -2.18. The van der Waals surface area contributed by atoms with Crippen LogP contribution in [0.2, 0.25) is 0 Å². The molecule has 0 radical (unpaired) electrons. The Bertz CT molecular complexity index is 471. The van der Waals surface area contributed by atoms with E-state index in [1.165, 1.54) is 12.8 Å². The zero-order valence-electron chi connectivity index (χ0n) is 15.1. The molecule has 0 aliphatic rings. The van der Waals surface area contributed by atoms with E-state index in [1.807, 2.05) is 24.3 Å². The Hall–Kier alpha value is -1.55. The van der Waals surface area contributed by atoms with Gasteiger partial charge in [-0.1, -0.05) is 51.0 Å². The van der Waals surface area contributed by atoms with Crippen molar-refractivity contribution in [3.05, 3.63) is 35.4 Å². The Morgan fingerprint density at radius 1 is 1.13 bits per heavy atom. The number of aliphatic hydroxyl groups excluding tert-OH is 1. The van der Waals surface area contributed by atoms with Crippen LogP contribution >= 0.6 is 0 Å². The van der Waals surface area contributed by atoms with Crippen LogP contribution in [-0.2, 0) is 13.2 Å². The Morgan fingerprint density at radius 3 is 2.43 bits per heavy atom. The van der Waals surface area contributed by atoms with Gasteiger partial charge in [0.1, 0.15) is 0 Å². The summed E-state index contributed by atoms with van der Waals surface area (Å²) >= 11 is 0. The van der Waals surface area contributed by atoms with Gasteiger partial charge in [-0.3, -0.25) is 0 Å². The van der Waals surface area contributed by atoms with Gasteiger partial charge < -0.3 is 15.7 Å². The third-order valence-corrected chi connectivity index (χ3v) is 3.84. The van der Waals surface area contributed by atoms with Crippen LogP contribution in [0.25, 0.3) is 0 Å². The summed E-state index contributed by atoms with van der Waals surface area (Å²) in [7, 11) is 0. The first kappa shape index (κ1) is 19.5. The molecule has 1 atom stereocenters. The largest absolute Gasteiger partial charge is 0.392 e. The van der Waals surface area contributed by atoms with Crippen LogP contribution in [0.1, 0.15) is 58.1 Å². The average molecular weight is 319 g/mol. The zero-order valence-corrected chi connectivity index (χ0v) is 15.1. The summed E-state index contributed by atoms with van der Waals surface area (Å²) < 4.78 is 0. The minimum Gasteiger partial charge on any atom is -0.392 e. The first-order valence-corrected chi connectivity index (χ1v) is 8.79. The molecule has 0 spiro atoms. The van der Waals surface area contributed by atoms with Gasteiger partial charge in [-0.05, 0) is 37.3 Å². The van der Waals surface area contributed by atoms with Gasteiger partial charge >= 0.3 is 0 Å². The molecule has 0 saturated carbocycles. The number of guanidine groups is 1. The maximum Gasteiger partial charge on any atom is 0.191 e. The summed E-state index contributed by atoms with van der Waals surface area (Å²) in [6, 6.07) is 8.29. The first-order valence-electron chi connectivity index (χ1n) is 8.79. The van der Waals surface area contributed by atoms with Gasteiger partial charge in [0, 0.05) is 12.6 Å². The monoisotopic (exact) mass is 319 g/mol. The van der Waals surface area contributed by atoms with Crippen molar-refractivity contribution in [3.8, 4) is 0 Å². The highest BCUT2D eigenvalue weighted by atomic mass is 16.3. The molecular formula is C19H33N3O. The molecule has 1 rings (SSSR count). The maximum atomic E-state index is 9.39. The lowest BCUT2D eigenvalue weighted by molar-refractivity contribution is 0.280. The van der Waals surface area contributed by atoms with E-state index in [0.29, 0.717) is 12.6 Å². The van der Waals surface area contributed by atoms with Gasteiger partial charge in [-0.25, -0.2) is 4.99 Å². The normalized spacial score (nSPS) is 13.2. The van der Waals surface area contributed by atoms with Gasteiger partial charge in [0.15, 0.2) is 5.96 Å². The average Bonchev–Trinajstić information content (AvgIpc) is 2.52. The number of aliphatic imine (C=N–C) groups is 1. The van der Waals surface area contributed by atoms with Crippen molar-refractivity contribution in [2.24, 2.45) is 10.9 Å². The Labute approximate surface area is 141 Å². The van der Waals surface area contributed by atoms with Crippen molar-refractivity contribution in [2.75, 3.05) is 6.54 Å². The highest BCUT2D eigenvalue weighted by Gasteiger charge is 2.06. The number of hydrogen-bond acceptors (Lipinski definition) is 2. The number of hydrogen-bond donors (Lipinski definition) is 3. The molecule has 1 unspecified atom stereocenters. The van der Waals surface area contributed by atoms with Gasteiger partial charge in [0.25, 0.3) is 0 Å². The lowest BCUT2D eigenvalue weighted by Crippen LogP contribution is -2.42. The van der Waals surface area contributed by atoms with E-state index in [9.17, 15) is 5.11 Å². The highest BCUT2D eigenvalue weighted by Crippen LogP contribution is 2.10. The van der Waals surface area contributed by atoms with E-state index in [-0.39, 0.29) is 6.61 Å². The molecule has 0 fully saturated rings. The summed E-state index contributed by atoms with van der Waals surface area (Å²) in [5.41, 5.74) is 2.01. The molecule has 0 aromatic heterocycles. The van der Waals surface area contributed by atoms with Crippen LogP contribution in [0.15, 0.2) is 29.3 Å². The van der Waals surface area contributed by atoms with Crippen molar-refractivity contribution in [3.63, 3.8) is 0 Å². The molecule has 3 N–H and O–H groups in total. The highest BCUT2D eigenvalue weighted by molar-refractivity contribution is 5.80. The van der Waals surface area contributed by atoms with E-state index in [1.54, 1.807) is 0 Å². The van der Waals surface area contributed by atoms with Gasteiger partial charge in [-0.15, -0.1) is 0 Å². The van der Waals surface area contributed by atoms with E-state index in [0.717, 1.165) is 36.0 Å². The number of nitrogens with zero attached hydrogens (tertiary/aromatic N) is 1. The summed E-state index contributed by atoms with van der Waals surface area (Å²) in [4.78, 5) is 4.66. The van der Waals surface area contributed by atoms with Gasteiger partial charge in [0.05, 0.1) is 13.2 Å². The number of benzene rings is 1. The van der Waals surface area contributed by atoms with E-state index in [4.69, 9.17) is 0 Å². The van der Waals surface area contributed by atoms with Crippen LogP contribution in [0.5, 0.6) is 0 Å². The molecular weight excluding hydrogens is 286 g/mol. The van der Waals surface area contributed by atoms with Crippen LogP contribution in [0.4, 0.5) is 0 Å². The Kier molecular flexibility index (Phi) is 9.37. The predicted octanol–water partition coefficient (Wildman–Crippen LogP) is 3.45. The van der Waals surface area contributed by atoms with Crippen molar-refractivity contribution < 1.29 is 5.11 Å². The van der Waals surface area contributed by atoms with E-state index >= 15 is 0 Å². The molecule has 0 aliphatic carbocycles. The van der Waals surface area contributed by atoms with Crippen LogP contribution < -0.4 is 10.6 Å². The molecule has 1 aromatic carbocycles. The Balaban J connectivity index is 2.58. The molecule has 4 nitrogen and oxygen atoms in total. The molecule has 0 bridgehead atoms. The fourth-order valence-electron chi connectivity index (χ4n) is 2.49. The lowest BCUT2D eigenvalue weighted by atomic mass is 10.0. The summed E-state index contributed by atoms with van der Waals surface area (Å²) in [6.45, 7) is 10.3. The topological polar surface area (TPSA) is 56.7 Å². The fraction of sp³-hybridized carbons (Fsp3) is 0.632. The smallest absolute Gasteiger partial charge is 0.191 e. The standard InChI is InChI=1S/C19H33N3O/c1-5-20-19(22-16(4)10-8-9-15(2)3)21-13-17-11-6-7-12-18(17)14-23/h6-7,11-12,15-16,23H,5,8-10,13-14H2,1-4H3,(H2,20,21,22). The van der Waals surface area contributed by atoms with Crippen LogP contribution in [0, 0.1) is 5.92 Å². The van der Waals surface area contributed by atoms with Crippen LogP contribution in [0.3, 0.4) is 0 Å². The molecule has 23 heavy (non-hydrogen) atoms. The predicted molar refractivity (Wildman–Crippen MR) is 98.5 cm³/mol. The summed E-state index contributed by atoms with van der Waals surface area (Å²) in [5.74, 6) is 1.61. The molecule has 0 amide bonds. The van der Waals surface area contributed by atoms with Gasteiger partial charge in [-0.2, -0.15) is 0 Å². The quantitative estimate of drug-likeness (QED) is 0.483. The Morgan fingerprint density at radius 2 is 1.83 bits per heavy atom. The minimum absolute atomic E-state index is 0.0568. The summed E-state index contributed by atoms with van der Waals surface area (Å²) in [6.07, 6.45) is 3.65. The minimum atomic E-state index is 0.0568. The first-order chi connectivity index (χ1) is 11.1.